The second-order valence-electron chi connectivity index (χ2n) is 15.0. The molecule has 0 amide bonds. The van der Waals surface area contributed by atoms with Gasteiger partial charge in [0.2, 0.25) is 0 Å². The fourth-order valence-corrected chi connectivity index (χ4v) is 9.13. The molecule has 3 heteroatoms. The van der Waals surface area contributed by atoms with Crippen molar-refractivity contribution in [3.63, 3.8) is 0 Å². The zero-order valence-electron chi connectivity index (χ0n) is 31.7. The van der Waals surface area contributed by atoms with E-state index in [0.717, 1.165) is 49.9 Å². The van der Waals surface area contributed by atoms with Crippen molar-refractivity contribution < 1.29 is 4.42 Å². The minimum Gasteiger partial charge on any atom is -0.456 e. The molecule has 0 N–H and O–H groups in total. The van der Waals surface area contributed by atoms with E-state index in [0.29, 0.717) is 11.5 Å². The van der Waals surface area contributed by atoms with E-state index in [1.165, 1.54) is 27.8 Å². The molecule has 0 fully saturated rings. The average Bonchev–Trinajstić information content (AvgIpc) is 3.80. The predicted molar refractivity (Wildman–Crippen MR) is 236 cm³/mol. The van der Waals surface area contributed by atoms with Gasteiger partial charge in [0.1, 0.15) is 11.2 Å². The first-order valence-corrected chi connectivity index (χ1v) is 19.6. The van der Waals surface area contributed by atoms with E-state index in [1.54, 1.807) is 0 Å². The van der Waals surface area contributed by atoms with Crippen LogP contribution in [0.15, 0.2) is 232 Å². The molecule has 1 heterocycles. The number of rotatable bonds is 7. The molecule has 7 aromatic carbocycles. The van der Waals surface area contributed by atoms with Gasteiger partial charge in [-0.2, -0.15) is 0 Å². The fraction of sp³-hybridized carbons (Fsp3) is 0.0741. The molecule has 3 nitrogen and oxygen atoms in total. The first-order chi connectivity index (χ1) is 28.1. The highest BCUT2D eigenvalue weighted by Gasteiger charge is 2.53. The number of hydrogen-bond donors (Lipinski definition) is 0. The Kier molecular flexibility index (Phi) is 8.57. The van der Waals surface area contributed by atoms with Gasteiger partial charge in [0.25, 0.3) is 0 Å². The van der Waals surface area contributed by atoms with E-state index in [2.05, 4.69) is 176 Å². The first-order valence-electron chi connectivity index (χ1n) is 19.6. The molecular formula is C54H40N2O. The van der Waals surface area contributed by atoms with E-state index >= 15 is 0 Å². The maximum atomic E-state index is 6.20. The van der Waals surface area contributed by atoms with Crippen molar-refractivity contribution in [3.8, 4) is 11.1 Å². The normalized spacial score (nSPS) is 17.3. The fourth-order valence-electron chi connectivity index (χ4n) is 9.13. The molecule has 0 saturated heterocycles. The lowest BCUT2D eigenvalue weighted by molar-refractivity contribution is 0.455. The zero-order valence-corrected chi connectivity index (χ0v) is 31.7. The van der Waals surface area contributed by atoms with Gasteiger partial charge in [0.05, 0.1) is 11.1 Å². The Morgan fingerprint density at radius 1 is 0.579 bits per heavy atom. The molecule has 2 aliphatic rings. The third-order valence-electron chi connectivity index (χ3n) is 11.8. The molecule has 0 saturated carbocycles. The molecule has 2 atom stereocenters. The lowest BCUT2D eigenvalue weighted by Gasteiger charge is -2.39. The number of amidine groups is 1. The number of para-hydroxylation sites is 1. The zero-order chi connectivity index (χ0) is 38.3. The van der Waals surface area contributed by atoms with Gasteiger partial charge in [0, 0.05) is 33.9 Å². The van der Waals surface area contributed by atoms with Crippen molar-refractivity contribution in [2.75, 3.05) is 0 Å². The number of furan rings is 1. The summed E-state index contributed by atoms with van der Waals surface area (Å²) in [6, 6.07) is 64.3. The molecule has 2 unspecified atom stereocenters. The van der Waals surface area contributed by atoms with Crippen molar-refractivity contribution in [1.82, 2.24) is 0 Å². The van der Waals surface area contributed by atoms with Gasteiger partial charge in [-0.05, 0) is 75.7 Å². The van der Waals surface area contributed by atoms with Gasteiger partial charge in [-0.3, -0.25) is 0 Å². The maximum Gasteiger partial charge on any atom is 0.160 e. The van der Waals surface area contributed by atoms with Gasteiger partial charge in [0.15, 0.2) is 5.84 Å². The Morgan fingerprint density at radius 2 is 1.18 bits per heavy atom. The molecule has 1 aromatic heterocycles. The topological polar surface area (TPSA) is 37.9 Å². The van der Waals surface area contributed by atoms with Crippen LogP contribution in [-0.2, 0) is 5.41 Å². The third-order valence-corrected chi connectivity index (χ3v) is 11.8. The molecule has 272 valence electrons. The van der Waals surface area contributed by atoms with Crippen LogP contribution in [0.4, 0.5) is 0 Å². The van der Waals surface area contributed by atoms with Gasteiger partial charge >= 0.3 is 0 Å². The Balaban J connectivity index is 1.07. The average molecular weight is 733 g/mol. The lowest BCUT2D eigenvalue weighted by atomic mass is 9.63. The number of aliphatic imine (C=N–C) groups is 2. The first kappa shape index (κ1) is 34.4. The van der Waals surface area contributed by atoms with Crippen molar-refractivity contribution in [2.24, 2.45) is 15.9 Å². The van der Waals surface area contributed by atoms with Crippen molar-refractivity contribution in [3.05, 3.63) is 251 Å². The molecular weight excluding hydrogens is 693 g/mol. The summed E-state index contributed by atoms with van der Waals surface area (Å²) < 4.78 is 6.20. The van der Waals surface area contributed by atoms with Gasteiger partial charge in [-0.25, -0.2) is 9.98 Å². The minimum atomic E-state index is -0.349. The molecule has 8 aromatic rings. The highest BCUT2D eigenvalue weighted by molar-refractivity contribution is 6.14. The van der Waals surface area contributed by atoms with Crippen LogP contribution in [0.2, 0.25) is 0 Å². The summed E-state index contributed by atoms with van der Waals surface area (Å²) in [6.07, 6.45) is 7.00. The summed E-state index contributed by atoms with van der Waals surface area (Å²) >= 11 is 0. The van der Waals surface area contributed by atoms with Crippen molar-refractivity contribution >= 4 is 33.5 Å². The summed E-state index contributed by atoms with van der Waals surface area (Å²) in [7, 11) is 0. The maximum absolute atomic E-state index is 6.20. The smallest absolute Gasteiger partial charge is 0.160 e. The highest BCUT2D eigenvalue weighted by atomic mass is 16.3. The van der Waals surface area contributed by atoms with Crippen LogP contribution in [0.5, 0.6) is 0 Å². The number of allylic oxidation sites excluding steroid dienone is 3. The summed E-state index contributed by atoms with van der Waals surface area (Å²) in [5.74, 6) is 0.887. The van der Waals surface area contributed by atoms with Gasteiger partial charge in [-0.1, -0.05) is 183 Å². The number of nitrogens with zero attached hydrogens (tertiary/aromatic N) is 2. The van der Waals surface area contributed by atoms with Crippen LogP contribution in [0.25, 0.3) is 33.1 Å². The SMILES string of the molecule is C=C(N=C(N=C(C)c1ccc(-c2ccccc2)cc1)c1ccc2oc3ccccc3c2c1)C1=CC2c3ccccc3C(c3ccccc3)(c3ccccc3)C2C=C1. The van der Waals surface area contributed by atoms with Crippen LogP contribution in [0.1, 0.15) is 46.2 Å². The Hall–Kier alpha value is -7.10. The summed E-state index contributed by atoms with van der Waals surface area (Å²) in [5.41, 5.74) is 13.4. The molecule has 0 spiro atoms. The minimum absolute atomic E-state index is 0.124. The Bertz CT molecular complexity index is 2870. The van der Waals surface area contributed by atoms with E-state index in [4.69, 9.17) is 14.4 Å². The molecule has 0 aliphatic heterocycles. The predicted octanol–water partition coefficient (Wildman–Crippen LogP) is 13.3. The van der Waals surface area contributed by atoms with Crippen LogP contribution in [0, 0.1) is 5.92 Å². The van der Waals surface area contributed by atoms with E-state index in [-0.39, 0.29) is 17.3 Å². The molecule has 0 bridgehead atoms. The molecule has 0 radical (unpaired) electrons. The standard InChI is InChI=1S/C54H40N2O/c1-36(38-26-28-40(29-27-38)39-16-6-3-7-17-39)55-53(42-31-33-52-48(35-42)46-23-13-15-25-51(46)57-52)56-37(2)41-30-32-50-47(34-41)45-22-12-14-24-49(45)54(50,43-18-8-4-9-19-43)44-20-10-5-11-21-44/h3-35,47,50H,2H2,1H3. The van der Waals surface area contributed by atoms with Gasteiger partial charge in [-0.15, -0.1) is 0 Å². The highest BCUT2D eigenvalue weighted by Crippen LogP contribution is 2.60. The second-order valence-corrected chi connectivity index (χ2v) is 15.0. The van der Waals surface area contributed by atoms with Gasteiger partial charge < -0.3 is 4.42 Å². The quantitative estimate of drug-likeness (QED) is 0.119. The monoisotopic (exact) mass is 732 g/mol. The van der Waals surface area contributed by atoms with E-state index in [1.807, 2.05) is 37.3 Å². The van der Waals surface area contributed by atoms with Crippen LogP contribution >= 0.6 is 0 Å². The lowest BCUT2D eigenvalue weighted by Crippen LogP contribution is -2.35. The number of hydrogen-bond acceptors (Lipinski definition) is 2. The van der Waals surface area contributed by atoms with Crippen molar-refractivity contribution in [1.29, 1.82) is 0 Å². The van der Waals surface area contributed by atoms with Crippen LogP contribution in [-0.4, -0.2) is 11.5 Å². The third kappa shape index (κ3) is 5.91. The molecule has 57 heavy (non-hydrogen) atoms. The summed E-state index contributed by atoms with van der Waals surface area (Å²) in [4.78, 5) is 10.5. The van der Waals surface area contributed by atoms with Crippen LogP contribution in [0.3, 0.4) is 0 Å². The van der Waals surface area contributed by atoms with E-state index in [9.17, 15) is 0 Å². The Morgan fingerprint density at radius 3 is 1.91 bits per heavy atom. The van der Waals surface area contributed by atoms with E-state index < -0.39 is 0 Å². The number of benzene rings is 7. The Labute approximate surface area is 333 Å². The molecule has 2 aliphatic carbocycles. The second kappa shape index (κ2) is 14.2. The molecule has 10 rings (SSSR count). The van der Waals surface area contributed by atoms with Crippen molar-refractivity contribution in [2.45, 2.75) is 18.3 Å². The summed E-state index contributed by atoms with van der Waals surface area (Å²) in [5, 5.41) is 2.09. The van der Waals surface area contributed by atoms with Crippen LogP contribution < -0.4 is 0 Å². The number of fused-ring (bicyclic) bond motifs is 6. The largest absolute Gasteiger partial charge is 0.456 e. The summed E-state index contributed by atoms with van der Waals surface area (Å²) in [6.45, 7) is 6.65.